The summed E-state index contributed by atoms with van der Waals surface area (Å²) in [6.45, 7) is 4.37. The van der Waals surface area contributed by atoms with Crippen LogP contribution in [0.25, 0.3) is 0 Å². The normalized spacial score (nSPS) is 24.4. The molecule has 0 spiro atoms. The number of carbonyl (C=O) groups excluding carboxylic acids is 1. The van der Waals surface area contributed by atoms with Crippen molar-refractivity contribution in [3.05, 3.63) is 0 Å². The number of nitrogens with two attached hydrogens (primary N) is 1. The average Bonchev–Trinajstić information content (AvgIpc) is 2.69. The molecule has 1 aliphatic rings. The highest BCUT2D eigenvalue weighted by atomic mass is 16.4. The zero-order chi connectivity index (χ0) is 12.1. The highest BCUT2D eigenvalue weighted by Crippen LogP contribution is 2.12. The van der Waals surface area contributed by atoms with Gasteiger partial charge in [-0.2, -0.15) is 0 Å². The molecular formula is C10H20N4O2. The van der Waals surface area contributed by atoms with Crippen molar-refractivity contribution in [1.29, 1.82) is 0 Å². The summed E-state index contributed by atoms with van der Waals surface area (Å²) in [4.78, 5) is 13.8. The van der Waals surface area contributed by atoms with Crippen LogP contribution < -0.4 is 11.1 Å². The van der Waals surface area contributed by atoms with Crippen molar-refractivity contribution in [2.24, 2.45) is 22.7 Å². The third-order valence-corrected chi connectivity index (χ3v) is 3.01. The first-order chi connectivity index (χ1) is 7.54. The van der Waals surface area contributed by atoms with E-state index in [0.29, 0.717) is 12.5 Å². The molecule has 0 aromatic carbocycles. The maximum Gasteiger partial charge on any atom is 0.230 e. The van der Waals surface area contributed by atoms with Crippen LogP contribution >= 0.6 is 0 Å². The maximum atomic E-state index is 11.6. The Morgan fingerprint density at radius 3 is 2.94 bits per heavy atom. The number of hydrogen-bond donors (Lipinski definition) is 3. The number of amides is 1. The molecule has 4 N–H and O–H groups in total. The Labute approximate surface area is 95.5 Å². The molecule has 0 aromatic heterocycles. The zero-order valence-electron chi connectivity index (χ0n) is 9.81. The lowest BCUT2D eigenvalue weighted by Gasteiger charge is -2.14. The monoisotopic (exact) mass is 228 g/mol. The van der Waals surface area contributed by atoms with E-state index in [2.05, 4.69) is 22.4 Å². The van der Waals surface area contributed by atoms with Crippen LogP contribution in [-0.2, 0) is 4.79 Å². The summed E-state index contributed by atoms with van der Waals surface area (Å²) in [5.74, 6) is -0.316. The molecule has 0 aliphatic carbocycles. The summed E-state index contributed by atoms with van der Waals surface area (Å²) in [7, 11) is 2.07. The fourth-order valence-corrected chi connectivity index (χ4v) is 1.81. The van der Waals surface area contributed by atoms with Gasteiger partial charge in [-0.3, -0.25) is 4.79 Å². The van der Waals surface area contributed by atoms with Crippen molar-refractivity contribution < 1.29 is 10.0 Å². The zero-order valence-corrected chi connectivity index (χ0v) is 9.81. The molecule has 1 saturated heterocycles. The number of likely N-dealkylation sites (tertiary alicyclic amines) is 1. The van der Waals surface area contributed by atoms with E-state index in [1.54, 1.807) is 6.92 Å². The van der Waals surface area contributed by atoms with Gasteiger partial charge in [-0.15, -0.1) is 0 Å². The first kappa shape index (κ1) is 12.8. The predicted octanol–water partition coefficient (Wildman–Crippen LogP) is -0.563. The molecule has 16 heavy (non-hydrogen) atoms. The first-order valence-electron chi connectivity index (χ1n) is 5.48. The lowest BCUT2D eigenvalue weighted by molar-refractivity contribution is -0.122. The number of oxime groups is 1. The van der Waals surface area contributed by atoms with Gasteiger partial charge >= 0.3 is 0 Å². The SMILES string of the molecule is CC(C(=O)NCC1CCN(C)C1)C(N)=NO. The van der Waals surface area contributed by atoms with Crippen LogP contribution in [-0.4, -0.2) is 48.5 Å². The first-order valence-corrected chi connectivity index (χ1v) is 5.48. The summed E-state index contributed by atoms with van der Waals surface area (Å²) in [5.41, 5.74) is 5.35. The molecule has 1 fully saturated rings. The molecule has 0 aromatic rings. The molecule has 1 rings (SSSR count). The van der Waals surface area contributed by atoms with Gasteiger partial charge in [-0.05, 0) is 32.9 Å². The van der Waals surface area contributed by atoms with Crippen LogP contribution in [0.4, 0.5) is 0 Å². The van der Waals surface area contributed by atoms with Gasteiger partial charge in [0.25, 0.3) is 0 Å². The molecule has 0 radical (unpaired) electrons. The van der Waals surface area contributed by atoms with E-state index in [0.717, 1.165) is 19.5 Å². The summed E-state index contributed by atoms with van der Waals surface area (Å²) in [5, 5.41) is 14.1. The minimum absolute atomic E-state index is 0.0546. The Hall–Kier alpha value is -1.30. The Balaban J connectivity index is 2.30. The molecule has 92 valence electrons. The van der Waals surface area contributed by atoms with Crippen LogP contribution in [0.5, 0.6) is 0 Å². The summed E-state index contributed by atoms with van der Waals surface area (Å²) in [6.07, 6.45) is 1.11. The van der Waals surface area contributed by atoms with Gasteiger partial charge in [0, 0.05) is 13.1 Å². The third-order valence-electron chi connectivity index (χ3n) is 3.01. The van der Waals surface area contributed by atoms with Gasteiger partial charge in [-0.1, -0.05) is 5.16 Å². The lowest BCUT2D eigenvalue weighted by Crippen LogP contribution is -2.39. The van der Waals surface area contributed by atoms with Gasteiger partial charge in [0.15, 0.2) is 5.84 Å². The Bertz CT molecular complexity index is 280. The summed E-state index contributed by atoms with van der Waals surface area (Å²) >= 11 is 0. The molecule has 0 saturated carbocycles. The minimum Gasteiger partial charge on any atom is -0.409 e. The van der Waals surface area contributed by atoms with E-state index >= 15 is 0 Å². The minimum atomic E-state index is -0.580. The van der Waals surface area contributed by atoms with Crippen molar-refractivity contribution in [1.82, 2.24) is 10.2 Å². The summed E-state index contributed by atoms with van der Waals surface area (Å²) in [6, 6.07) is 0. The van der Waals surface area contributed by atoms with Gasteiger partial charge in [0.05, 0.1) is 5.92 Å². The molecular weight excluding hydrogens is 208 g/mol. The number of nitrogens with one attached hydrogen (secondary N) is 1. The van der Waals surface area contributed by atoms with E-state index in [1.807, 2.05) is 0 Å². The highest BCUT2D eigenvalue weighted by molar-refractivity contribution is 6.01. The second-order valence-corrected chi connectivity index (χ2v) is 4.41. The largest absolute Gasteiger partial charge is 0.409 e. The molecule has 0 bridgehead atoms. The van der Waals surface area contributed by atoms with Crippen LogP contribution in [0, 0.1) is 11.8 Å². The number of amidine groups is 1. The number of carbonyl (C=O) groups is 1. The van der Waals surface area contributed by atoms with Crippen LogP contribution in [0.3, 0.4) is 0 Å². The predicted molar refractivity (Wildman–Crippen MR) is 61.2 cm³/mol. The van der Waals surface area contributed by atoms with E-state index in [4.69, 9.17) is 10.9 Å². The van der Waals surface area contributed by atoms with Crippen molar-refractivity contribution in [2.75, 3.05) is 26.7 Å². The standard InChI is InChI=1S/C10H20N4O2/c1-7(9(11)13-16)10(15)12-5-8-3-4-14(2)6-8/h7-8,16H,3-6H2,1-2H3,(H2,11,13)(H,12,15). The molecule has 2 unspecified atom stereocenters. The summed E-state index contributed by atoms with van der Waals surface area (Å²) < 4.78 is 0. The molecule has 6 heteroatoms. The van der Waals surface area contributed by atoms with Gasteiger partial charge < -0.3 is 21.2 Å². The third kappa shape index (κ3) is 3.37. The van der Waals surface area contributed by atoms with E-state index < -0.39 is 5.92 Å². The van der Waals surface area contributed by atoms with Crippen LogP contribution in [0.15, 0.2) is 5.16 Å². The van der Waals surface area contributed by atoms with Gasteiger partial charge in [-0.25, -0.2) is 0 Å². The molecule has 1 amide bonds. The number of nitrogens with zero attached hydrogens (tertiary/aromatic N) is 2. The van der Waals surface area contributed by atoms with Crippen molar-refractivity contribution in [3.8, 4) is 0 Å². The Morgan fingerprint density at radius 2 is 2.44 bits per heavy atom. The topological polar surface area (TPSA) is 91.0 Å². The van der Waals surface area contributed by atoms with E-state index in [-0.39, 0.29) is 11.7 Å². The second kappa shape index (κ2) is 5.69. The van der Waals surface area contributed by atoms with Crippen molar-refractivity contribution in [3.63, 3.8) is 0 Å². The van der Waals surface area contributed by atoms with Gasteiger partial charge in [0.1, 0.15) is 0 Å². The molecule has 1 aliphatic heterocycles. The van der Waals surface area contributed by atoms with Gasteiger partial charge in [0.2, 0.25) is 5.91 Å². The van der Waals surface area contributed by atoms with Crippen molar-refractivity contribution in [2.45, 2.75) is 13.3 Å². The number of rotatable bonds is 4. The second-order valence-electron chi connectivity index (χ2n) is 4.41. The highest BCUT2D eigenvalue weighted by Gasteiger charge is 2.22. The molecule has 2 atom stereocenters. The molecule has 6 nitrogen and oxygen atoms in total. The maximum absolute atomic E-state index is 11.6. The Morgan fingerprint density at radius 1 is 1.75 bits per heavy atom. The van der Waals surface area contributed by atoms with E-state index in [9.17, 15) is 4.79 Å². The lowest BCUT2D eigenvalue weighted by atomic mass is 10.1. The quantitative estimate of drug-likeness (QED) is 0.260. The van der Waals surface area contributed by atoms with E-state index in [1.165, 1.54) is 0 Å². The van der Waals surface area contributed by atoms with Crippen molar-refractivity contribution >= 4 is 11.7 Å². The average molecular weight is 228 g/mol. The fourth-order valence-electron chi connectivity index (χ4n) is 1.81. The molecule has 1 heterocycles. The smallest absolute Gasteiger partial charge is 0.230 e. The van der Waals surface area contributed by atoms with Crippen LogP contribution in [0.2, 0.25) is 0 Å². The van der Waals surface area contributed by atoms with Crippen LogP contribution in [0.1, 0.15) is 13.3 Å². The fraction of sp³-hybridized carbons (Fsp3) is 0.800. The Kier molecular flexibility index (Phi) is 4.54. The number of hydrogen-bond acceptors (Lipinski definition) is 4.